The Morgan fingerprint density at radius 1 is 0.977 bits per heavy atom. The number of methoxy groups -OCH3 is 1. The Labute approximate surface area is 265 Å². The summed E-state index contributed by atoms with van der Waals surface area (Å²) < 4.78 is 18.7. The molecule has 244 valence electrons. The second-order valence-corrected chi connectivity index (χ2v) is 25.3. The third-order valence-corrected chi connectivity index (χ3v) is 19.2. The van der Waals surface area contributed by atoms with Crippen LogP contribution in [0, 0.1) is 18.8 Å². The molecule has 0 radical (unpaired) electrons. The molecule has 0 spiro atoms. The van der Waals surface area contributed by atoms with Crippen LogP contribution in [0.25, 0.3) is 0 Å². The van der Waals surface area contributed by atoms with Gasteiger partial charge in [0.25, 0.3) is 0 Å². The Hall–Kier alpha value is -1.55. The maximum atomic E-state index is 13.5. The van der Waals surface area contributed by atoms with Gasteiger partial charge in [0.1, 0.15) is 5.78 Å². The van der Waals surface area contributed by atoms with Crippen molar-refractivity contribution in [1.29, 1.82) is 0 Å². The summed E-state index contributed by atoms with van der Waals surface area (Å²) in [4.78, 5) is 25.0. The van der Waals surface area contributed by atoms with Crippen molar-refractivity contribution in [2.24, 2.45) is 11.8 Å². The molecule has 1 saturated carbocycles. The van der Waals surface area contributed by atoms with Crippen molar-refractivity contribution in [3.8, 4) is 0 Å². The van der Waals surface area contributed by atoms with Crippen molar-refractivity contribution in [3.05, 3.63) is 47.5 Å². The van der Waals surface area contributed by atoms with Gasteiger partial charge in [-0.1, -0.05) is 103 Å². The molecule has 0 saturated heterocycles. The van der Waals surface area contributed by atoms with Crippen LogP contribution in [0.5, 0.6) is 0 Å². The number of carbonyl (C=O) groups is 2. The van der Waals surface area contributed by atoms with Gasteiger partial charge >= 0.3 is 5.97 Å². The third kappa shape index (κ3) is 11.4. The lowest BCUT2D eigenvalue weighted by Crippen LogP contribution is -2.45. The monoisotopic (exact) mass is 630 g/mol. The number of unbranched alkanes of at least 4 members (excludes halogenated alkanes) is 3. The van der Waals surface area contributed by atoms with Gasteiger partial charge in [0, 0.05) is 31.1 Å². The van der Waals surface area contributed by atoms with E-state index in [1.807, 2.05) is 0 Å². The molecule has 7 heteroatoms. The molecule has 43 heavy (non-hydrogen) atoms. The number of benzene rings is 1. The number of ether oxygens (including phenoxy) is 1. The second-order valence-electron chi connectivity index (χ2n) is 15.8. The molecule has 0 N–H and O–H groups in total. The van der Waals surface area contributed by atoms with Gasteiger partial charge in [-0.3, -0.25) is 9.59 Å². The highest BCUT2D eigenvalue weighted by Gasteiger charge is 2.47. The number of hydrogen-bond donors (Lipinski definition) is 0. The average molecular weight is 631 g/mol. The molecular weight excluding hydrogens is 569 g/mol. The zero-order valence-corrected chi connectivity index (χ0v) is 31.5. The summed E-state index contributed by atoms with van der Waals surface area (Å²) in [5, 5.41) is 0.167. The minimum atomic E-state index is -2.08. The highest BCUT2D eigenvalue weighted by molar-refractivity contribution is 6.74. The molecule has 0 amide bonds. The molecule has 0 aromatic heterocycles. The first-order valence-electron chi connectivity index (χ1n) is 16.5. The van der Waals surface area contributed by atoms with Gasteiger partial charge in [-0.25, -0.2) is 0 Å². The lowest BCUT2D eigenvalue weighted by Gasteiger charge is -2.40. The zero-order valence-electron chi connectivity index (χ0n) is 29.5. The van der Waals surface area contributed by atoms with Crippen LogP contribution < -0.4 is 0 Å². The van der Waals surface area contributed by atoms with Gasteiger partial charge in [0.15, 0.2) is 16.6 Å². The van der Waals surface area contributed by atoms with Crippen LogP contribution >= 0.6 is 0 Å². The van der Waals surface area contributed by atoms with E-state index in [9.17, 15) is 9.59 Å². The summed E-state index contributed by atoms with van der Waals surface area (Å²) >= 11 is 0. The minimum absolute atomic E-state index is 0.0414. The first-order chi connectivity index (χ1) is 19.8. The fourth-order valence-electron chi connectivity index (χ4n) is 5.36. The minimum Gasteiger partial charge on any atom is -0.469 e. The number of ketones is 1. The first kappa shape index (κ1) is 37.6. The number of hydrogen-bond acceptors (Lipinski definition) is 5. The largest absolute Gasteiger partial charge is 0.469 e. The molecule has 0 aliphatic heterocycles. The molecule has 1 aliphatic rings. The van der Waals surface area contributed by atoms with Crippen molar-refractivity contribution in [1.82, 2.24) is 0 Å². The normalized spacial score (nSPS) is 21.0. The van der Waals surface area contributed by atoms with Crippen LogP contribution in [0.3, 0.4) is 0 Å². The van der Waals surface area contributed by atoms with E-state index >= 15 is 0 Å². The van der Waals surface area contributed by atoms with Crippen LogP contribution in [-0.4, -0.2) is 47.7 Å². The number of rotatable bonds is 15. The van der Waals surface area contributed by atoms with Crippen molar-refractivity contribution in [3.63, 3.8) is 0 Å². The maximum Gasteiger partial charge on any atom is 0.305 e. The Bertz CT molecular complexity index is 1080. The first-order valence-corrected chi connectivity index (χ1v) is 22.3. The number of aryl methyl sites for hydroxylation is 1. The molecule has 0 heterocycles. The molecule has 2 unspecified atom stereocenters. The van der Waals surface area contributed by atoms with E-state index in [1.165, 1.54) is 18.2 Å². The van der Waals surface area contributed by atoms with Gasteiger partial charge in [-0.15, -0.1) is 0 Å². The SMILES string of the molecule is COC(=O)CCCCCC[C@H]1C(=O)CC(O[Si](C)(C)C(C)(C)C)C1/C=C/[C@@H](Cc1cccc(C)c1)O[Si](C)(C)C(C)(C)C. The van der Waals surface area contributed by atoms with Gasteiger partial charge in [-0.05, 0) is 61.6 Å². The van der Waals surface area contributed by atoms with Crippen LogP contribution in [0.15, 0.2) is 36.4 Å². The molecular formula is C36H62O5Si2. The summed E-state index contributed by atoms with van der Waals surface area (Å²) in [5.74, 6) is 0.175. The van der Waals surface area contributed by atoms with E-state index in [4.69, 9.17) is 13.6 Å². The third-order valence-electron chi connectivity index (χ3n) is 10.2. The van der Waals surface area contributed by atoms with E-state index in [2.05, 4.69) is 111 Å². The van der Waals surface area contributed by atoms with E-state index < -0.39 is 16.6 Å². The summed E-state index contributed by atoms with van der Waals surface area (Å²) in [6, 6.07) is 8.70. The highest BCUT2D eigenvalue weighted by atomic mass is 28.4. The van der Waals surface area contributed by atoms with Gasteiger partial charge in [-0.2, -0.15) is 0 Å². The Morgan fingerprint density at radius 2 is 1.60 bits per heavy atom. The summed E-state index contributed by atoms with van der Waals surface area (Å²) in [6.07, 6.45) is 10.8. The summed E-state index contributed by atoms with van der Waals surface area (Å²) in [5.41, 5.74) is 2.52. The second kappa shape index (κ2) is 15.6. The van der Waals surface area contributed by atoms with Crippen LogP contribution in [-0.2, 0) is 29.6 Å². The predicted molar refractivity (Wildman–Crippen MR) is 184 cm³/mol. The van der Waals surface area contributed by atoms with Gasteiger partial charge in [0.2, 0.25) is 0 Å². The number of esters is 1. The standard InChI is InChI=1S/C36H62O5Si2/c1-27-18-17-19-28(24-27)25-29(40-42(9,10)35(2,3)4)22-23-31-30(20-15-13-14-16-21-34(38)39-8)32(37)26-33(31)41-43(11,12)36(5,6)7/h17-19,22-24,29-31,33H,13-16,20-21,25-26H2,1-12H3/b23-22+/t29-,30+,31?,33?/m0/s1. The quantitative estimate of drug-likeness (QED) is 0.0836. The molecule has 0 bridgehead atoms. The average Bonchev–Trinajstić information content (AvgIpc) is 3.15. The van der Waals surface area contributed by atoms with Gasteiger partial charge < -0.3 is 13.6 Å². The molecule has 2 rings (SSSR count). The van der Waals surface area contributed by atoms with Crippen molar-refractivity contribution in [2.75, 3.05) is 7.11 Å². The molecule has 1 aliphatic carbocycles. The van der Waals surface area contributed by atoms with E-state index in [0.29, 0.717) is 18.6 Å². The van der Waals surface area contributed by atoms with Crippen molar-refractivity contribution in [2.45, 2.75) is 148 Å². The molecule has 1 fully saturated rings. The summed E-state index contributed by atoms with van der Waals surface area (Å²) in [7, 11) is -2.68. The topological polar surface area (TPSA) is 61.8 Å². The van der Waals surface area contributed by atoms with E-state index in [-0.39, 0.29) is 40.1 Å². The van der Waals surface area contributed by atoms with Crippen LogP contribution in [0.1, 0.15) is 97.6 Å². The van der Waals surface area contributed by atoms with Crippen molar-refractivity contribution < 1.29 is 23.2 Å². The van der Waals surface area contributed by atoms with E-state index in [0.717, 1.165) is 38.5 Å². The van der Waals surface area contributed by atoms with Crippen LogP contribution in [0.2, 0.25) is 36.3 Å². The molecule has 5 nitrogen and oxygen atoms in total. The highest BCUT2D eigenvalue weighted by Crippen LogP contribution is 2.43. The fraction of sp³-hybridized carbons (Fsp3) is 0.722. The molecule has 1 aromatic rings. The van der Waals surface area contributed by atoms with Crippen LogP contribution in [0.4, 0.5) is 0 Å². The Kier molecular flexibility index (Phi) is 13.7. The fourth-order valence-corrected chi connectivity index (χ4v) is 7.99. The molecule has 4 atom stereocenters. The molecule has 1 aromatic carbocycles. The lowest BCUT2D eigenvalue weighted by atomic mass is 9.88. The predicted octanol–water partition coefficient (Wildman–Crippen LogP) is 9.59. The maximum absolute atomic E-state index is 13.5. The van der Waals surface area contributed by atoms with Crippen molar-refractivity contribution >= 4 is 28.4 Å². The smallest absolute Gasteiger partial charge is 0.305 e. The Balaban J connectivity index is 2.33. The number of carbonyl (C=O) groups excluding carboxylic acids is 2. The number of Topliss-reactive ketones (excluding diaryl/α,β-unsaturated/α-hetero) is 1. The van der Waals surface area contributed by atoms with E-state index in [1.54, 1.807) is 0 Å². The van der Waals surface area contributed by atoms with Gasteiger partial charge in [0.05, 0.1) is 19.3 Å². The summed E-state index contributed by atoms with van der Waals surface area (Å²) in [6.45, 7) is 25.0. The zero-order chi connectivity index (χ0) is 32.6. The Morgan fingerprint density at radius 3 is 2.19 bits per heavy atom. The lowest BCUT2D eigenvalue weighted by molar-refractivity contribution is -0.140.